The molecule has 2 N–H and O–H groups in total. The summed E-state index contributed by atoms with van der Waals surface area (Å²) in [4.78, 5) is 16.8. The Morgan fingerprint density at radius 1 is 1.26 bits per heavy atom. The molecular weight excluding hydrogens is 242 g/mol. The maximum Gasteiger partial charge on any atom is 0.327 e. The standard InChI is InChI=1S/C14H27N3O2/c1-3-6-16-7-9-17(10-8-16)11-14(15,12-4-5-12)13(18)19-2/h12H,3-11,15H2,1-2H3. The molecule has 0 aromatic carbocycles. The van der Waals surface area contributed by atoms with E-state index in [2.05, 4.69) is 16.7 Å². The van der Waals surface area contributed by atoms with Crippen molar-refractivity contribution >= 4 is 5.97 Å². The number of hydrogen-bond acceptors (Lipinski definition) is 5. The summed E-state index contributed by atoms with van der Waals surface area (Å²) in [6.07, 6.45) is 3.31. The second-order valence-electron chi connectivity index (χ2n) is 5.92. The van der Waals surface area contributed by atoms with Crippen LogP contribution in [0.1, 0.15) is 26.2 Å². The van der Waals surface area contributed by atoms with Gasteiger partial charge in [0.1, 0.15) is 5.54 Å². The molecule has 1 heterocycles. The minimum atomic E-state index is -0.790. The fourth-order valence-electron chi connectivity index (χ4n) is 3.01. The fraction of sp³-hybridized carbons (Fsp3) is 0.929. The molecule has 5 heteroatoms. The Morgan fingerprint density at radius 3 is 2.32 bits per heavy atom. The molecule has 110 valence electrons. The van der Waals surface area contributed by atoms with Gasteiger partial charge in [-0.25, -0.2) is 0 Å². The van der Waals surface area contributed by atoms with Gasteiger partial charge in [0.25, 0.3) is 0 Å². The van der Waals surface area contributed by atoms with E-state index < -0.39 is 5.54 Å². The molecule has 0 aromatic rings. The Balaban J connectivity index is 1.87. The zero-order chi connectivity index (χ0) is 13.9. The number of methoxy groups -OCH3 is 1. The van der Waals surface area contributed by atoms with Gasteiger partial charge in [0.05, 0.1) is 7.11 Å². The lowest BCUT2D eigenvalue weighted by Crippen LogP contribution is -2.61. The molecule has 1 saturated heterocycles. The Kier molecular flexibility index (Phi) is 4.81. The quantitative estimate of drug-likeness (QED) is 0.703. The highest BCUT2D eigenvalue weighted by Gasteiger charge is 2.49. The zero-order valence-corrected chi connectivity index (χ0v) is 12.2. The maximum atomic E-state index is 12.0. The molecular formula is C14H27N3O2. The zero-order valence-electron chi connectivity index (χ0n) is 12.2. The van der Waals surface area contributed by atoms with Crippen molar-refractivity contribution in [2.45, 2.75) is 31.7 Å². The number of ether oxygens (including phenoxy) is 1. The molecule has 0 amide bonds. The number of piperazine rings is 1. The van der Waals surface area contributed by atoms with E-state index in [4.69, 9.17) is 10.5 Å². The summed E-state index contributed by atoms with van der Waals surface area (Å²) in [5.41, 5.74) is 5.56. The molecule has 0 radical (unpaired) electrons. The molecule has 0 spiro atoms. The van der Waals surface area contributed by atoms with Gasteiger partial charge in [-0.3, -0.25) is 9.69 Å². The first kappa shape index (κ1) is 14.8. The largest absolute Gasteiger partial charge is 0.468 e. The predicted molar refractivity (Wildman–Crippen MR) is 74.8 cm³/mol. The Morgan fingerprint density at radius 2 is 1.84 bits per heavy atom. The number of nitrogens with two attached hydrogens (primary N) is 1. The molecule has 1 unspecified atom stereocenters. The van der Waals surface area contributed by atoms with Gasteiger partial charge in [-0.15, -0.1) is 0 Å². The van der Waals surface area contributed by atoms with Gasteiger partial charge in [0.15, 0.2) is 0 Å². The van der Waals surface area contributed by atoms with Crippen molar-refractivity contribution in [1.29, 1.82) is 0 Å². The number of nitrogens with zero attached hydrogens (tertiary/aromatic N) is 2. The molecule has 1 aliphatic carbocycles. The van der Waals surface area contributed by atoms with E-state index in [9.17, 15) is 4.79 Å². The normalized spacial score (nSPS) is 25.0. The van der Waals surface area contributed by atoms with Crippen LogP contribution in [-0.4, -0.2) is 67.7 Å². The number of esters is 1. The molecule has 5 nitrogen and oxygen atoms in total. The second kappa shape index (κ2) is 6.20. The molecule has 1 aliphatic heterocycles. The van der Waals surface area contributed by atoms with Crippen LogP contribution in [-0.2, 0) is 9.53 Å². The highest BCUT2D eigenvalue weighted by Crippen LogP contribution is 2.39. The second-order valence-corrected chi connectivity index (χ2v) is 5.92. The van der Waals surface area contributed by atoms with Crippen LogP contribution in [0.2, 0.25) is 0 Å². The molecule has 2 fully saturated rings. The monoisotopic (exact) mass is 269 g/mol. The number of hydrogen-bond donors (Lipinski definition) is 1. The summed E-state index contributed by atoms with van der Waals surface area (Å²) in [5, 5.41) is 0. The van der Waals surface area contributed by atoms with Crippen molar-refractivity contribution in [1.82, 2.24) is 9.80 Å². The lowest BCUT2D eigenvalue weighted by molar-refractivity contribution is -0.149. The van der Waals surface area contributed by atoms with E-state index in [-0.39, 0.29) is 5.97 Å². The Labute approximate surface area is 116 Å². The molecule has 1 saturated carbocycles. The van der Waals surface area contributed by atoms with Crippen LogP contribution < -0.4 is 5.73 Å². The van der Waals surface area contributed by atoms with E-state index in [1.165, 1.54) is 20.1 Å². The van der Waals surface area contributed by atoms with Crippen molar-refractivity contribution in [2.24, 2.45) is 11.7 Å². The van der Waals surface area contributed by atoms with Crippen molar-refractivity contribution in [3.05, 3.63) is 0 Å². The topological polar surface area (TPSA) is 58.8 Å². The SMILES string of the molecule is CCCN1CCN(CC(N)(C(=O)OC)C2CC2)CC1. The van der Waals surface area contributed by atoms with Crippen LogP contribution >= 0.6 is 0 Å². The molecule has 0 aromatic heterocycles. The first-order chi connectivity index (χ1) is 9.10. The van der Waals surface area contributed by atoms with Crippen molar-refractivity contribution in [3.8, 4) is 0 Å². The lowest BCUT2D eigenvalue weighted by Gasteiger charge is -2.39. The van der Waals surface area contributed by atoms with Gasteiger partial charge in [0, 0.05) is 32.7 Å². The van der Waals surface area contributed by atoms with Gasteiger partial charge in [-0.2, -0.15) is 0 Å². The van der Waals surface area contributed by atoms with Gasteiger partial charge in [-0.05, 0) is 31.7 Å². The Hall–Kier alpha value is -0.650. The number of carbonyl (C=O) groups is 1. The first-order valence-corrected chi connectivity index (χ1v) is 7.42. The average Bonchev–Trinajstić information content (AvgIpc) is 3.25. The van der Waals surface area contributed by atoms with Gasteiger partial charge in [-0.1, -0.05) is 6.92 Å². The van der Waals surface area contributed by atoms with Crippen LogP contribution in [0.15, 0.2) is 0 Å². The van der Waals surface area contributed by atoms with E-state index in [1.807, 2.05) is 0 Å². The highest BCUT2D eigenvalue weighted by atomic mass is 16.5. The van der Waals surface area contributed by atoms with Gasteiger partial charge >= 0.3 is 5.97 Å². The molecule has 2 aliphatic rings. The van der Waals surface area contributed by atoms with Crippen LogP contribution in [0.4, 0.5) is 0 Å². The molecule has 1 atom stereocenters. The summed E-state index contributed by atoms with van der Waals surface area (Å²) in [6.45, 7) is 8.18. The van der Waals surface area contributed by atoms with Crippen molar-refractivity contribution in [3.63, 3.8) is 0 Å². The lowest BCUT2D eigenvalue weighted by atomic mass is 9.93. The summed E-state index contributed by atoms with van der Waals surface area (Å²) in [6, 6.07) is 0. The van der Waals surface area contributed by atoms with E-state index in [0.29, 0.717) is 12.5 Å². The van der Waals surface area contributed by atoms with Gasteiger partial charge < -0.3 is 15.4 Å². The summed E-state index contributed by atoms with van der Waals surface area (Å²) in [5.74, 6) is 0.0691. The fourth-order valence-corrected chi connectivity index (χ4v) is 3.01. The third-order valence-electron chi connectivity index (χ3n) is 4.36. The van der Waals surface area contributed by atoms with Crippen molar-refractivity contribution < 1.29 is 9.53 Å². The van der Waals surface area contributed by atoms with E-state index in [1.54, 1.807) is 0 Å². The van der Waals surface area contributed by atoms with Crippen molar-refractivity contribution in [2.75, 3.05) is 46.4 Å². The minimum Gasteiger partial charge on any atom is -0.468 e. The third-order valence-corrected chi connectivity index (χ3v) is 4.36. The smallest absolute Gasteiger partial charge is 0.327 e. The molecule has 2 rings (SSSR count). The average molecular weight is 269 g/mol. The molecule has 19 heavy (non-hydrogen) atoms. The minimum absolute atomic E-state index is 0.244. The summed E-state index contributed by atoms with van der Waals surface area (Å²) in [7, 11) is 1.44. The predicted octanol–water partition coefficient (Wildman–Crippen LogP) is 0.295. The van der Waals surface area contributed by atoms with Crippen LogP contribution in [0.5, 0.6) is 0 Å². The van der Waals surface area contributed by atoms with Crippen LogP contribution in [0, 0.1) is 5.92 Å². The summed E-state index contributed by atoms with van der Waals surface area (Å²) >= 11 is 0. The van der Waals surface area contributed by atoms with E-state index >= 15 is 0 Å². The van der Waals surface area contributed by atoms with Crippen LogP contribution in [0.25, 0.3) is 0 Å². The van der Waals surface area contributed by atoms with Gasteiger partial charge in [0.2, 0.25) is 0 Å². The third kappa shape index (κ3) is 3.46. The number of carbonyl (C=O) groups excluding carboxylic acids is 1. The number of rotatable bonds is 6. The van der Waals surface area contributed by atoms with E-state index in [0.717, 1.165) is 39.0 Å². The highest BCUT2D eigenvalue weighted by molar-refractivity contribution is 5.81. The summed E-state index contributed by atoms with van der Waals surface area (Å²) < 4.78 is 4.92. The first-order valence-electron chi connectivity index (χ1n) is 7.42. The van der Waals surface area contributed by atoms with Crippen LogP contribution in [0.3, 0.4) is 0 Å². The Bertz CT molecular complexity index is 312. The maximum absolute atomic E-state index is 12.0. The molecule has 0 bridgehead atoms.